The first kappa shape index (κ1) is 29.2. The average molecular weight is 550 g/mol. The number of nitrogens with zero attached hydrogens (tertiary/aromatic N) is 2. The molecule has 0 saturated heterocycles. The lowest BCUT2D eigenvalue weighted by molar-refractivity contribution is -0.139. The first-order chi connectivity index (χ1) is 16.7. The van der Waals surface area contributed by atoms with Crippen LogP contribution in [0.2, 0.25) is 5.02 Å². The molecule has 2 rings (SSSR count). The summed E-state index contributed by atoms with van der Waals surface area (Å²) >= 11 is 6.05. The average Bonchev–Trinajstić information content (AvgIpc) is 2.80. The molecule has 8 nitrogen and oxygen atoms in total. The molecule has 13 heteroatoms. The number of halogens is 4. The third kappa shape index (κ3) is 7.50. The van der Waals surface area contributed by atoms with Crippen LogP contribution in [0.4, 0.5) is 18.9 Å². The van der Waals surface area contributed by atoms with Crippen LogP contribution in [0.1, 0.15) is 25.0 Å². The first-order valence-corrected chi connectivity index (χ1v) is 13.0. The van der Waals surface area contributed by atoms with Gasteiger partial charge < -0.3 is 15.0 Å². The van der Waals surface area contributed by atoms with Gasteiger partial charge in [0.1, 0.15) is 18.3 Å². The summed E-state index contributed by atoms with van der Waals surface area (Å²) in [6, 6.07) is 7.81. The third-order valence-electron chi connectivity index (χ3n) is 5.25. The normalized spacial score (nSPS) is 12.6. The van der Waals surface area contributed by atoms with Gasteiger partial charge in [-0.25, -0.2) is 8.42 Å². The molecule has 0 heterocycles. The van der Waals surface area contributed by atoms with Gasteiger partial charge in [-0.05, 0) is 49.7 Å². The lowest BCUT2D eigenvalue weighted by Crippen LogP contribution is -2.51. The van der Waals surface area contributed by atoms with E-state index in [0.29, 0.717) is 34.3 Å². The van der Waals surface area contributed by atoms with Gasteiger partial charge in [-0.1, -0.05) is 23.7 Å². The van der Waals surface area contributed by atoms with Gasteiger partial charge >= 0.3 is 6.18 Å². The lowest BCUT2D eigenvalue weighted by atomic mass is 10.1. The summed E-state index contributed by atoms with van der Waals surface area (Å²) in [5.41, 5.74) is -1.02. The van der Waals surface area contributed by atoms with Gasteiger partial charge in [0.05, 0.1) is 29.6 Å². The van der Waals surface area contributed by atoms with E-state index in [-0.39, 0.29) is 11.6 Å². The summed E-state index contributed by atoms with van der Waals surface area (Å²) in [4.78, 5) is 27.1. The number of benzene rings is 2. The molecule has 0 aliphatic carbocycles. The molecule has 0 unspecified atom stereocenters. The van der Waals surface area contributed by atoms with Gasteiger partial charge in [-0.3, -0.25) is 13.9 Å². The van der Waals surface area contributed by atoms with Crippen molar-refractivity contribution in [2.24, 2.45) is 0 Å². The zero-order chi connectivity index (χ0) is 27.3. The van der Waals surface area contributed by atoms with Crippen LogP contribution < -0.4 is 14.4 Å². The number of hydrogen-bond acceptors (Lipinski definition) is 5. The summed E-state index contributed by atoms with van der Waals surface area (Å²) in [7, 11) is -2.77. The van der Waals surface area contributed by atoms with Crippen molar-refractivity contribution in [2.45, 2.75) is 32.6 Å². The number of methoxy groups -OCH3 is 1. The minimum atomic E-state index is -4.76. The number of carbonyl (C=O) groups excluding carboxylic acids is 2. The summed E-state index contributed by atoms with van der Waals surface area (Å²) in [5, 5.41) is 2.31. The van der Waals surface area contributed by atoms with E-state index in [9.17, 15) is 31.2 Å². The fourth-order valence-corrected chi connectivity index (χ4v) is 4.43. The van der Waals surface area contributed by atoms with Crippen LogP contribution in [-0.4, -0.2) is 57.6 Å². The number of alkyl halides is 3. The van der Waals surface area contributed by atoms with Crippen LogP contribution in [0.5, 0.6) is 5.75 Å². The number of carbonyl (C=O) groups is 2. The Bertz CT molecular complexity index is 1190. The Kier molecular flexibility index (Phi) is 9.61. The Balaban J connectivity index is 2.48. The Morgan fingerprint density at radius 2 is 1.75 bits per heavy atom. The van der Waals surface area contributed by atoms with E-state index in [2.05, 4.69) is 5.32 Å². The van der Waals surface area contributed by atoms with Crippen molar-refractivity contribution in [3.8, 4) is 5.75 Å². The zero-order valence-electron chi connectivity index (χ0n) is 20.1. The maximum absolute atomic E-state index is 13.4. The van der Waals surface area contributed by atoms with Crippen molar-refractivity contribution >= 4 is 39.1 Å². The number of hydrogen-bond donors (Lipinski definition) is 1. The minimum Gasteiger partial charge on any atom is -0.497 e. The predicted molar refractivity (Wildman–Crippen MR) is 130 cm³/mol. The molecule has 0 saturated carbocycles. The lowest BCUT2D eigenvalue weighted by Gasteiger charge is -2.31. The summed E-state index contributed by atoms with van der Waals surface area (Å²) < 4.78 is 70.6. The highest BCUT2D eigenvalue weighted by atomic mass is 35.5. The molecule has 0 radical (unpaired) electrons. The van der Waals surface area contributed by atoms with E-state index in [0.717, 1.165) is 17.2 Å². The second-order valence-corrected chi connectivity index (χ2v) is 10.2. The maximum atomic E-state index is 13.4. The van der Waals surface area contributed by atoms with Crippen molar-refractivity contribution in [2.75, 3.05) is 30.8 Å². The van der Waals surface area contributed by atoms with E-state index in [1.54, 1.807) is 31.2 Å². The van der Waals surface area contributed by atoms with E-state index in [1.165, 1.54) is 14.0 Å². The highest BCUT2D eigenvalue weighted by Gasteiger charge is 2.34. The van der Waals surface area contributed by atoms with Crippen LogP contribution >= 0.6 is 11.6 Å². The molecule has 2 aromatic rings. The molecule has 198 valence electrons. The number of ether oxygens (including phenoxy) is 1. The molecule has 0 aliphatic rings. The standard InChI is InChI=1S/C23H27ClF3N3O5S/c1-5-28-22(32)15(2)29(13-16-6-9-18(35-3)10-7-16)21(31)14-30(36(4,33)34)20-12-17(23(25,26)27)8-11-19(20)24/h6-12,15H,5,13-14H2,1-4H3,(H,28,32)/t15-/m0/s1. The third-order valence-corrected chi connectivity index (χ3v) is 6.70. The predicted octanol–water partition coefficient (Wildman–Crippen LogP) is 3.69. The maximum Gasteiger partial charge on any atom is 0.416 e. The summed E-state index contributed by atoms with van der Waals surface area (Å²) in [5.74, 6) is -0.735. The Hall–Kier alpha value is -2.99. The molecule has 1 atom stereocenters. The van der Waals surface area contributed by atoms with Crippen LogP contribution in [0.3, 0.4) is 0 Å². The van der Waals surface area contributed by atoms with E-state index in [1.807, 2.05) is 0 Å². The summed E-state index contributed by atoms with van der Waals surface area (Å²) in [6.07, 6.45) is -4.02. The number of likely N-dealkylation sites (N-methyl/N-ethyl adjacent to an activating group) is 1. The van der Waals surface area contributed by atoms with Gasteiger partial charge in [-0.2, -0.15) is 13.2 Å². The quantitative estimate of drug-likeness (QED) is 0.488. The van der Waals surface area contributed by atoms with Crippen LogP contribution in [0.15, 0.2) is 42.5 Å². The Labute approximate surface area is 213 Å². The van der Waals surface area contributed by atoms with Crippen LogP contribution in [0.25, 0.3) is 0 Å². The van der Waals surface area contributed by atoms with Gasteiger partial charge in [0, 0.05) is 13.1 Å². The number of nitrogens with one attached hydrogen (secondary N) is 1. The Morgan fingerprint density at radius 1 is 1.14 bits per heavy atom. The molecule has 1 N–H and O–H groups in total. The van der Waals surface area contributed by atoms with E-state index in [4.69, 9.17) is 16.3 Å². The molecule has 0 bridgehead atoms. The van der Waals surface area contributed by atoms with Crippen molar-refractivity contribution < 1.29 is 35.9 Å². The van der Waals surface area contributed by atoms with Gasteiger partial charge in [-0.15, -0.1) is 0 Å². The zero-order valence-corrected chi connectivity index (χ0v) is 21.7. The fourth-order valence-electron chi connectivity index (χ4n) is 3.31. The molecule has 2 aromatic carbocycles. The van der Waals surface area contributed by atoms with E-state index >= 15 is 0 Å². The van der Waals surface area contributed by atoms with Crippen LogP contribution in [-0.2, 0) is 32.3 Å². The molecule has 36 heavy (non-hydrogen) atoms. The second kappa shape index (κ2) is 11.8. The monoisotopic (exact) mass is 549 g/mol. The van der Waals surface area contributed by atoms with Crippen LogP contribution in [0, 0.1) is 0 Å². The van der Waals surface area contributed by atoms with Crippen molar-refractivity contribution in [1.29, 1.82) is 0 Å². The largest absolute Gasteiger partial charge is 0.497 e. The topological polar surface area (TPSA) is 96.0 Å². The smallest absolute Gasteiger partial charge is 0.416 e. The van der Waals surface area contributed by atoms with Gasteiger partial charge in [0.25, 0.3) is 0 Å². The van der Waals surface area contributed by atoms with Gasteiger partial charge in [0.2, 0.25) is 21.8 Å². The highest BCUT2D eigenvalue weighted by Crippen LogP contribution is 2.36. The SMILES string of the molecule is CCNC(=O)[C@H](C)N(Cc1ccc(OC)cc1)C(=O)CN(c1cc(C(F)(F)F)ccc1Cl)S(C)(=O)=O. The fraction of sp³-hybridized carbons (Fsp3) is 0.391. The minimum absolute atomic E-state index is 0.0744. The number of rotatable bonds is 10. The molecular weight excluding hydrogens is 523 g/mol. The summed E-state index contributed by atoms with van der Waals surface area (Å²) in [6.45, 7) is 2.51. The molecule has 2 amide bonds. The molecule has 0 fully saturated rings. The van der Waals surface area contributed by atoms with Crippen molar-refractivity contribution in [3.63, 3.8) is 0 Å². The van der Waals surface area contributed by atoms with Crippen molar-refractivity contribution in [1.82, 2.24) is 10.2 Å². The molecular formula is C23H27ClF3N3O5S. The number of sulfonamides is 1. The van der Waals surface area contributed by atoms with E-state index < -0.39 is 51.9 Å². The molecule has 0 aromatic heterocycles. The molecule has 0 aliphatic heterocycles. The molecule has 0 spiro atoms. The number of anilines is 1. The first-order valence-electron chi connectivity index (χ1n) is 10.7. The Morgan fingerprint density at radius 3 is 2.25 bits per heavy atom. The van der Waals surface area contributed by atoms with Gasteiger partial charge in [0.15, 0.2) is 0 Å². The van der Waals surface area contributed by atoms with Crippen molar-refractivity contribution in [3.05, 3.63) is 58.6 Å². The second-order valence-electron chi connectivity index (χ2n) is 7.87. The highest BCUT2D eigenvalue weighted by molar-refractivity contribution is 7.92. The number of amides is 2.